The molecule has 2 aromatic heterocycles. The van der Waals surface area contributed by atoms with Gasteiger partial charge >= 0.3 is 0 Å². The fourth-order valence-corrected chi connectivity index (χ4v) is 3.14. The molecular weight excluding hydrogens is 477 g/mol. The number of rotatable bonds is 9. The fourth-order valence-electron chi connectivity index (χ4n) is 3.14. The molecule has 2 heterocycles. The summed E-state index contributed by atoms with van der Waals surface area (Å²) in [5, 5.41) is 11.0. The third-order valence-corrected chi connectivity index (χ3v) is 4.87. The number of carbonyl (C=O) groups excluding carboxylic acids is 2. The number of hydrogen-bond acceptors (Lipinski definition) is 8. The van der Waals surface area contributed by atoms with Gasteiger partial charge in [0.05, 0.1) is 6.20 Å². The first-order valence-electron chi connectivity index (χ1n) is 11.0. The van der Waals surface area contributed by atoms with Crippen LogP contribution in [0.3, 0.4) is 0 Å². The van der Waals surface area contributed by atoms with Crippen LogP contribution in [-0.4, -0.2) is 33.8 Å². The molecule has 37 heavy (non-hydrogen) atoms. The molecule has 0 aliphatic rings. The molecule has 0 saturated heterocycles. The first-order valence-corrected chi connectivity index (χ1v) is 11.0. The van der Waals surface area contributed by atoms with Crippen LogP contribution in [-0.2, 0) is 4.79 Å². The Hall–Kier alpha value is -5.32. The van der Waals surface area contributed by atoms with Crippen LogP contribution >= 0.6 is 0 Å². The van der Waals surface area contributed by atoms with Gasteiger partial charge in [-0.25, -0.2) is 14.4 Å². The van der Waals surface area contributed by atoms with E-state index < -0.39 is 5.82 Å². The van der Waals surface area contributed by atoms with Gasteiger partial charge in [-0.05, 0) is 60.7 Å². The van der Waals surface area contributed by atoms with Gasteiger partial charge in [-0.1, -0.05) is 12.6 Å². The Morgan fingerprint density at radius 2 is 1.76 bits per heavy atom. The average molecular weight is 500 g/mol. The second-order valence-corrected chi connectivity index (χ2v) is 7.47. The van der Waals surface area contributed by atoms with Crippen LogP contribution in [0.5, 0.6) is 11.5 Å². The van der Waals surface area contributed by atoms with Crippen molar-refractivity contribution in [3.63, 3.8) is 0 Å². The van der Waals surface area contributed by atoms with Gasteiger partial charge in [0, 0.05) is 30.3 Å². The number of pyridine rings is 1. The molecule has 0 bridgehead atoms. The van der Waals surface area contributed by atoms with Crippen molar-refractivity contribution < 1.29 is 18.7 Å². The monoisotopic (exact) mass is 499 g/mol. The number of halogens is 1. The van der Waals surface area contributed by atoms with E-state index in [0.29, 0.717) is 28.6 Å². The molecule has 186 valence electrons. The summed E-state index contributed by atoms with van der Waals surface area (Å²) in [4.78, 5) is 35.8. The van der Waals surface area contributed by atoms with Crippen molar-refractivity contribution in [1.82, 2.24) is 20.3 Å². The van der Waals surface area contributed by atoms with Crippen molar-refractivity contribution in [2.75, 3.05) is 23.0 Å². The zero-order chi connectivity index (χ0) is 26.2. The highest BCUT2D eigenvalue weighted by atomic mass is 19.1. The van der Waals surface area contributed by atoms with E-state index in [4.69, 9.17) is 4.74 Å². The van der Waals surface area contributed by atoms with Gasteiger partial charge in [0.15, 0.2) is 23.1 Å². The highest BCUT2D eigenvalue weighted by Crippen LogP contribution is 2.27. The molecule has 0 unspecified atom stereocenters. The number of hydrogen-bond donors (Lipinski definition) is 4. The van der Waals surface area contributed by atoms with Crippen molar-refractivity contribution in [1.29, 1.82) is 0 Å². The molecule has 0 spiro atoms. The molecule has 11 heteroatoms. The second-order valence-electron chi connectivity index (χ2n) is 7.47. The van der Waals surface area contributed by atoms with Crippen LogP contribution in [0, 0.1) is 5.82 Å². The summed E-state index contributed by atoms with van der Waals surface area (Å²) in [5.74, 6) is -0.479. The van der Waals surface area contributed by atoms with Gasteiger partial charge in [0.1, 0.15) is 5.75 Å². The van der Waals surface area contributed by atoms with Crippen molar-refractivity contribution in [2.24, 2.45) is 0 Å². The molecule has 0 aliphatic carbocycles. The lowest BCUT2D eigenvalue weighted by molar-refractivity contribution is -0.111. The topological polar surface area (TPSA) is 130 Å². The summed E-state index contributed by atoms with van der Waals surface area (Å²) in [5.41, 5.74) is 1.81. The fraction of sp³-hybridized carbons (Fsp3) is 0.0385. The van der Waals surface area contributed by atoms with Gasteiger partial charge in [-0.15, -0.1) is 0 Å². The molecule has 4 rings (SSSR count). The molecule has 0 radical (unpaired) electrons. The number of nitrogens with one attached hydrogen (secondary N) is 4. The molecule has 4 aromatic rings. The van der Waals surface area contributed by atoms with Crippen LogP contribution in [0.25, 0.3) is 0 Å². The summed E-state index contributed by atoms with van der Waals surface area (Å²) in [6.45, 7) is 3.41. The van der Waals surface area contributed by atoms with Crippen LogP contribution in [0.4, 0.5) is 33.2 Å². The Morgan fingerprint density at radius 1 is 0.973 bits per heavy atom. The van der Waals surface area contributed by atoms with E-state index in [0.717, 1.165) is 12.3 Å². The Morgan fingerprint density at radius 3 is 2.51 bits per heavy atom. The Labute approximate surface area is 211 Å². The first kappa shape index (κ1) is 24.8. The average Bonchev–Trinajstić information content (AvgIpc) is 2.91. The number of ether oxygens (including phenoxy) is 1. The molecule has 10 nitrogen and oxygen atoms in total. The molecule has 2 aromatic carbocycles. The lowest BCUT2D eigenvalue weighted by atomic mass is 10.2. The predicted molar refractivity (Wildman–Crippen MR) is 138 cm³/mol. The van der Waals surface area contributed by atoms with Gasteiger partial charge in [-0.3, -0.25) is 9.59 Å². The lowest BCUT2D eigenvalue weighted by Gasteiger charge is -2.12. The largest absolute Gasteiger partial charge is 0.455 e. The Kier molecular flexibility index (Phi) is 7.64. The van der Waals surface area contributed by atoms with E-state index in [9.17, 15) is 14.0 Å². The van der Waals surface area contributed by atoms with Gasteiger partial charge in [0.25, 0.3) is 5.91 Å². The number of benzene rings is 2. The third kappa shape index (κ3) is 6.42. The Balaban J connectivity index is 1.45. The maximum absolute atomic E-state index is 14.4. The standard InChI is InChI=1S/C26H22FN7O3/c1-3-22(35)31-17-6-4-7-18(14-17)32-24-20(27)15-30-26(34-24)33-16-9-11-19(12-10-16)37-21-8-5-13-29-23(21)25(36)28-2/h3-15H,1H2,2H3,(H,28,36)(H,31,35)(H2,30,32,33,34). The van der Waals surface area contributed by atoms with Gasteiger partial charge in [0.2, 0.25) is 11.9 Å². The van der Waals surface area contributed by atoms with Gasteiger partial charge in [-0.2, -0.15) is 4.98 Å². The van der Waals surface area contributed by atoms with E-state index in [1.165, 1.54) is 13.2 Å². The maximum Gasteiger partial charge on any atom is 0.273 e. The molecule has 4 N–H and O–H groups in total. The van der Waals surface area contributed by atoms with E-state index >= 15 is 0 Å². The summed E-state index contributed by atoms with van der Waals surface area (Å²) >= 11 is 0. The van der Waals surface area contributed by atoms with Crippen molar-refractivity contribution in [3.8, 4) is 11.5 Å². The SMILES string of the molecule is C=CC(=O)Nc1cccc(Nc2nc(Nc3ccc(Oc4cccnc4C(=O)NC)cc3)ncc2F)c1. The minimum absolute atomic E-state index is 0.0528. The summed E-state index contributed by atoms with van der Waals surface area (Å²) in [7, 11) is 1.51. The molecule has 0 fully saturated rings. The van der Waals surface area contributed by atoms with Crippen LogP contribution in [0.2, 0.25) is 0 Å². The van der Waals surface area contributed by atoms with E-state index in [-0.39, 0.29) is 29.3 Å². The predicted octanol–water partition coefficient (Wildman–Crippen LogP) is 4.77. The van der Waals surface area contributed by atoms with Crippen molar-refractivity contribution in [3.05, 3.63) is 97.2 Å². The van der Waals surface area contributed by atoms with Crippen molar-refractivity contribution >= 4 is 40.6 Å². The summed E-state index contributed by atoms with van der Waals surface area (Å²) < 4.78 is 20.2. The number of anilines is 5. The third-order valence-electron chi connectivity index (χ3n) is 4.87. The van der Waals surface area contributed by atoms with Gasteiger partial charge < -0.3 is 26.0 Å². The number of carbonyl (C=O) groups is 2. The van der Waals surface area contributed by atoms with Crippen LogP contribution in [0.1, 0.15) is 10.5 Å². The molecule has 0 saturated carbocycles. The lowest BCUT2D eigenvalue weighted by Crippen LogP contribution is -2.19. The summed E-state index contributed by atoms with van der Waals surface area (Å²) in [6.07, 6.45) is 3.71. The molecule has 0 aliphatic heterocycles. The minimum atomic E-state index is -0.654. The summed E-state index contributed by atoms with van der Waals surface area (Å²) in [6, 6.07) is 16.9. The van der Waals surface area contributed by atoms with Crippen LogP contribution < -0.4 is 26.0 Å². The smallest absolute Gasteiger partial charge is 0.273 e. The number of amides is 2. The normalized spacial score (nSPS) is 10.2. The number of aromatic nitrogens is 3. The molecule has 0 atom stereocenters. The zero-order valence-electron chi connectivity index (χ0n) is 19.7. The number of nitrogens with zero attached hydrogens (tertiary/aromatic N) is 3. The van der Waals surface area contributed by atoms with Crippen molar-refractivity contribution in [2.45, 2.75) is 0 Å². The van der Waals surface area contributed by atoms with E-state index in [1.54, 1.807) is 60.7 Å². The highest BCUT2D eigenvalue weighted by molar-refractivity contribution is 5.99. The molecule has 2 amide bonds. The second kappa shape index (κ2) is 11.4. The zero-order valence-corrected chi connectivity index (χ0v) is 19.7. The minimum Gasteiger partial charge on any atom is -0.455 e. The highest BCUT2D eigenvalue weighted by Gasteiger charge is 2.13. The van der Waals surface area contributed by atoms with E-state index in [2.05, 4.69) is 42.8 Å². The quantitative estimate of drug-likeness (QED) is 0.242. The Bertz CT molecular complexity index is 1440. The van der Waals surface area contributed by atoms with Crippen LogP contribution in [0.15, 0.2) is 85.7 Å². The maximum atomic E-state index is 14.4. The molecular formula is C26H22FN7O3. The van der Waals surface area contributed by atoms with E-state index in [1.807, 2.05) is 0 Å². The first-order chi connectivity index (χ1) is 17.9.